The fourth-order valence-corrected chi connectivity index (χ4v) is 2.03. The summed E-state index contributed by atoms with van der Waals surface area (Å²) < 4.78 is 29.2. The number of nitrogens with one attached hydrogen (secondary N) is 3. The number of ether oxygens (including phenoxy) is 1. The second kappa shape index (κ2) is 9.16. The van der Waals surface area contributed by atoms with Gasteiger partial charge in [-0.25, -0.2) is 4.79 Å². The Morgan fingerprint density at radius 3 is 2.27 bits per heavy atom. The number of alkyl halides is 2. The molecule has 0 radical (unpaired) electrons. The molecule has 136 valence electrons. The molecule has 0 aliphatic carbocycles. The molecule has 0 aliphatic rings. The SMILES string of the molecule is C=CCNC(=O)Nc1ccc(NC(=O)c2ccccc2OC(F)F)cc1. The van der Waals surface area contributed by atoms with Gasteiger partial charge in [0.1, 0.15) is 5.75 Å². The molecule has 0 spiro atoms. The minimum atomic E-state index is -3.03. The van der Waals surface area contributed by atoms with Crippen LogP contribution in [0.3, 0.4) is 0 Å². The Kier molecular flexibility index (Phi) is 6.67. The van der Waals surface area contributed by atoms with Crippen LogP contribution >= 0.6 is 0 Å². The molecule has 2 rings (SSSR count). The van der Waals surface area contributed by atoms with Crippen LogP contribution in [0, 0.1) is 0 Å². The zero-order valence-corrected chi connectivity index (χ0v) is 13.7. The molecule has 0 aromatic heterocycles. The molecule has 0 aliphatic heterocycles. The highest BCUT2D eigenvalue weighted by Crippen LogP contribution is 2.22. The van der Waals surface area contributed by atoms with Crippen molar-refractivity contribution in [1.82, 2.24) is 5.32 Å². The molecular weight excluding hydrogens is 344 g/mol. The van der Waals surface area contributed by atoms with Crippen molar-refractivity contribution in [2.75, 3.05) is 17.2 Å². The first-order valence-electron chi connectivity index (χ1n) is 7.60. The van der Waals surface area contributed by atoms with Crippen molar-refractivity contribution in [3.8, 4) is 5.75 Å². The number of urea groups is 1. The van der Waals surface area contributed by atoms with Crippen molar-refractivity contribution >= 4 is 23.3 Å². The van der Waals surface area contributed by atoms with Gasteiger partial charge in [-0.1, -0.05) is 18.2 Å². The van der Waals surface area contributed by atoms with Gasteiger partial charge in [0.15, 0.2) is 0 Å². The van der Waals surface area contributed by atoms with Crippen LogP contribution in [-0.4, -0.2) is 25.1 Å². The Balaban J connectivity index is 2.02. The zero-order chi connectivity index (χ0) is 18.9. The average Bonchev–Trinajstić information content (AvgIpc) is 2.61. The number of carbonyl (C=O) groups is 2. The van der Waals surface area contributed by atoms with Crippen molar-refractivity contribution in [3.63, 3.8) is 0 Å². The van der Waals surface area contributed by atoms with E-state index in [1.807, 2.05) is 0 Å². The van der Waals surface area contributed by atoms with Gasteiger partial charge in [0.25, 0.3) is 5.91 Å². The van der Waals surface area contributed by atoms with Crippen LogP contribution in [0.5, 0.6) is 5.75 Å². The van der Waals surface area contributed by atoms with Crippen molar-refractivity contribution in [2.24, 2.45) is 0 Å². The van der Waals surface area contributed by atoms with Crippen molar-refractivity contribution in [2.45, 2.75) is 6.61 Å². The quantitative estimate of drug-likeness (QED) is 0.656. The third-order valence-corrected chi connectivity index (χ3v) is 3.16. The second-order valence-electron chi connectivity index (χ2n) is 5.03. The molecule has 8 heteroatoms. The lowest BCUT2D eigenvalue weighted by Gasteiger charge is -2.11. The molecule has 6 nitrogen and oxygen atoms in total. The summed E-state index contributed by atoms with van der Waals surface area (Å²) in [5.41, 5.74) is 0.934. The number of hydrogen-bond acceptors (Lipinski definition) is 3. The summed E-state index contributed by atoms with van der Waals surface area (Å²) in [6.45, 7) is 0.800. The monoisotopic (exact) mass is 361 g/mol. The van der Waals surface area contributed by atoms with E-state index >= 15 is 0 Å². The molecule has 0 saturated carbocycles. The minimum Gasteiger partial charge on any atom is -0.434 e. The summed E-state index contributed by atoms with van der Waals surface area (Å²) in [5, 5.41) is 7.74. The summed E-state index contributed by atoms with van der Waals surface area (Å²) in [6.07, 6.45) is 1.55. The summed E-state index contributed by atoms with van der Waals surface area (Å²) >= 11 is 0. The summed E-state index contributed by atoms with van der Waals surface area (Å²) in [7, 11) is 0. The predicted octanol–water partition coefficient (Wildman–Crippen LogP) is 3.85. The lowest BCUT2D eigenvalue weighted by atomic mass is 10.2. The lowest BCUT2D eigenvalue weighted by Crippen LogP contribution is -2.28. The van der Waals surface area contributed by atoms with Crippen LogP contribution in [0.2, 0.25) is 0 Å². The molecule has 2 aromatic rings. The number of para-hydroxylation sites is 1. The number of amides is 3. The Morgan fingerprint density at radius 2 is 1.65 bits per heavy atom. The predicted molar refractivity (Wildman–Crippen MR) is 94.7 cm³/mol. The minimum absolute atomic E-state index is 0.0150. The van der Waals surface area contributed by atoms with E-state index in [-0.39, 0.29) is 17.3 Å². The normalized spacial score (nSPS) is 10.1. The highest BCUT2D eigenvalue weighted by molar-refractivity contribution is 6.06. The molecule has 3 N–H and O–H groups in total. The number of carbonyl (C=O) groups excluding carboxylic acids is 2. The number of benzene rings is 2. The van der Waals surface area contributed by atoms with Crippen LogP contribution in [0.4, 0.5) is 25.0 Å². The molecule has 3 amide bonds. The Morgan fingerprint density at radius 1 is 1.04 bits per heavy atom. The smallest absolute Gasteiger partial charge is 0.387 e. The first-order chi connectivity index (χ1) is 12.5. The van der Waals surface area contributed by atoms with Crippen molar-refractivity contribution < 1.29 is 23.1 Å². The average molecular weight is 361 g/mol. The highest BCUT2D eigenvalue weighted by atomic mass is 19.3. The van der Waals surface area contributed by atoms with Gasteiger partial charge in [0, 0.05) is 17.9 Å². The van der Waals surface area contributed by atoms with Crippen LogP contribution < -0.4 is 20.7 Å². The maximum atomic E-state index is 12.4. The number of rotatable bonds is 7. The van der Waals surface area contributed by atoms with Gasteiger partial charge in [0.2, 0.25) is 0 Å². The number of hydrogen-bond donors (Lipinski definition) is 3. The first kappa shape index (κ1) is 18.9. The summed E-state index contributed by atoms with van der Waals surface area (Å²) in [6, 6.07) is 11.6. The van der Waals surface area contributed by atoms with E-state index in [0.717, 1.165) is 0 Å². The third-order valence-electron chi connectivity index (χ3n) is 3.16. The van der Waals surface area contributed by atoms with E-state index in [1.54, 1.807) is 36.4 Å². The largest absolute Gasteiger partial charge is 0.434 e. The zero-order valence-electron chi connectivity index (χ0n) is 13.7. The van der Waals surface area contributed by atoms with E-state index in [9.17, 15) is 18.4 Å². The molecule has 2 aromatic carbocycles. The maximum Gasteiger partial charge on any atom is 0.387 e. The number of anilines is 2. The van der Waals surface area contributed by atoms with Gasteiger partial charge in [-0.15, -0.1) is 6.58 Å². The van der Waals surface area contributed by atoms with Gasteiger partial charge in [-0.05, 0) is 36.4 Å². The summed E-state index contributed by atoms with van der Waals surface area (Å²) in [4.78, 5) is 23.8. The van der Waals surface area contributed by atoms with E-state index < -0.39 is 12.5 Å². The molecule has 0 saturated heterocycles. The van der Waals surface area contributed by atoms with E-state index in [1.165, 1.54) is 18.2 Å². The lowest BCUT2D eigenvalue weighted by molar-refractivity contribution is -0.0501. The van der Waals surface area contributed by atoms with Gasteiger partial charge in [-0.3, -0.25) is 4.79 Å². The highest BCUT2D eigenvalue weighted by Gasteiger charge is 2.15. The Hall–Kier alpha value is -3.42. The first-order valence-corrected chi connectivity index (χ1v) is 7.60. The van der Waals surface area contributed by atoms with Crippen molar-refractivity contribution in [1.29, 1.82) is 0 Å². The third kappa shape index (κ3) is 5.59. The van der Waals surface area contributed by atoms with Crippen LogP contribution in [-0.2, 0) is 0 Å². The van der Waals surface area contributed by atoms with E-state index in [2.05, 4.69) is 27.3 Å². The molecule has 0 bridgehead atoms. The fraction of sp³-hybridized carbons (Fsp3) is 0.111. The van der Waals surface area contributed by atoms with Crippen LogP contribution in [0.15, 0.2) is 61.2 Å². The van der Waals surface area contributed by atoms with Gasteiger partial charge in [0.05, 0.1) is 5.56 Å². The van der Waals surface area contributed by atoms with Crippen LogP contribution in [0.1, 0.15) is 10.4 Å². The molecule has 0 atom stereocenters. The second-order valence-corrected chi connectivity index (χ2v) is 5.03. The van der Waals surface area contributed by atoms with E-state index in [4.69, 9.17) is 0 Å². The molecular formula is C18H17F2N3O3. The van der Waals surface area contributed by atoms with E-state index in [0.29, 0.717) is 17.9 Å². The molecule has 0 heterocycles. The van der Waals surface area contributed by atoms with Gasteiger partial charge in [-0.2, -0.15) is 8.78 Å². The van der Waals surface area contributed by atoms with Crippen molar-refractivity contribution in [3.05, 3.63) is 66.7 Å². The standard InChI is InChI=1S/C18H17F2N3O3/c1-2-11-21-18(25)23-13-9-7-12(8-10-13)22-16(24)14-5-3-4-6-15(14)26-17(19)20/h2-10,17H,1,11H2,(H,22,24)(H2,21,23,25). The fourth-order valence-electron chi connectivity index (χ4n) is 2.03. The topological polar surface area (TPSA) is 79.5 Å². The Bertz CT molecular complexity index is 780. The van der Waals surface area contributed by atoms with Crippen LogP contribution in [0.25, 0.3) is 0 Å². The molecule has 0 unspecified atom stereocenters. The Labute approximate surface area is 148 Å². The number of halogens is 2. The molecule has 0 fully saturated rings. The van der Waals surface area contributed by atoms with Gasteiger partial charge < -0.3 is 20.7 Å². The summed E-state index contributed by atoms with van der Waals surface area (Å²) in [5.74, 6) is -0.803. The molecule has 26 heavy (non-hydrogen) atoms. The maximum absolute atomic E-state index is 12.4. The van der Waals surface area contributed by atoms with Gasteiger partial charge >= 0.3 is 12.6 Å².